The summed E-state index contributed by atoms with van der Waals surface area (Å²) in [5.41, 5.74) is 6.47. The van der Waals surface area contributed by atoms with Gasteiger partial charge >= 0.3 is 0 Å². The number of nitro groups is 1. The molecule has 7 aromatic rings. The Morgan fingerprint density at radius 3 is 2.55 bits per heavy atom. The van der Waals surface area contributed by atoms with Crippen molar-refractivity contribution in [2.75, 3.05) is 74.7 Å². The first-order valence-corrected chi connectivity index (χ1v) is 30.7. The summed E-state index contributed by atoms with van der Waals surface area (Å²) in [6, 6.07) is 24.4. The monoisotopic (exact) mass is 1150 g/mol. The van der Waals surface area contributed by atoms with Crippen LogP contribution >= 0.6 is 0 Å². The van der Waals surface area contributed by atoms with Crippen LogP contribution in [0, 0.1) is 35.3 Å². The Balaban J connectivity index is 0.750. The summed E-state index contributed by atoms with van der Waals surface area (Å²) in [5, 5.41) is 27.9. The number of amides is 1. The van der Waals surface area contributed by atoms with Crippen LogP contribution in [0.3, 0.4) is 0 Å². The van der Waals surface area contributed by atoms with E-state index in [0.717, 1.165) is 112 Å². The van der Waals surface area contributed by atoms with Crippen molar-refractivity contribution >= 4 is 66.4 Å². The lowest BCUT2D eigenvalue weighted by atomic mass is 9.59. The minimum absolute atomic E-state index is 0.105. The number of methoxy groups -OCH3 is 1. The minimum atomic E-state index is -4.65. The molecule has 436 valence electrons. The molecule has 2 aliphatic carbocycles. The fourth-order valence-corrected chi connectivity index (χ4v) is 15.2. The van der Waals surface area contributed by atoms with Gasteiger partial charge in [-0.25, -0.2) is 18.1 Å². The number of anilines is 4. The highest BCUT2D eigenvalue weighted by Crippen LogP contribution is 2.54. The number of benzene rings is 3. The van der Waals surface area contributed by atoms with Gasteiger partial charge in [0.15, 0.2) is 5.58 Å². The zero-order chi connectivity index (χ0) is 57.4. The quantitative estimate of drug-likeness (QED) is 0.0586. The molecule has 2 saturated carbocycles. The van der Waals surface area contributed by atoms with Crippen LogP contribution in [-0.4, -0.2) is 132 Å². The number of nitro benzene ring substituents is 1. The SMILES string of the molecule is COc1ncc(CN2CCN(C3CC4(CCN(c5ccc(C(=O)NS(=O)(=O)c6ccc(NCC7CCC(C)(O)CC7)c([N+](=O)[O-])c6)c(N6c7cc8cc[nH]c8nc7O[C@H]7COCC[C@@H]76)c5)CC4)C3)[C@H](c3ccccc3C)C2)c2cc(C)oc12. The molecule has 6 aliphatic rings. The van der Waals surface area contributed by atoms with E-state index in [1.165, 1.54) is 23.3 Å². The second-order valence-corrected chi connectivity index (χ2v) is 26.0. The first-order valence-electron chi connectivity index (χ1n) is 29.2. The average Bonchev–Trinajstić information content (AvgIpc) is 2.88. The molecule has 3 saturated heterocycles. The number of H-pyrrole nitrogens is 1. The molecule has 3 aromatic carbocycles. The average molecular weight is 1150 g/mol. The molecule has 3 atom stereocenters. The number of aliphatic hydroxyl groups is 1. The third-order valence-corrected chi connectivity index (χ3v) is 20.3. The Kier molecular flexibility index (Phi) is 14.4. The van der Waals surface area contributed by atoms with Crippen molar-refractivity contribution in [2.45, 2.75) is 120 Å². The maximum atomic E-state index is 14.8. The number of pyridine rings is 2. The molecule has 0 radical (unpaired) electrons. The summed E-state index contributed by atoms with van der Waals surface area (Å²) in [6.07, 6.45) is 10.9. The molecule has 20 nitrogen and oxygen atoms in total. The van der Waals surface area contributed by atoms with Gasteiger partial charge in [0, 0.05) is 99.4 Å². The zero-order valence-electron chi connectivity index (χ0n) is 47.4. The number of carbonyl (C=O) groups excluding carboxylic acids is 1. The Labute approximate surface area is 482 Å². The lowest BCUT2D eigenvalue weighted by Gasteiger charge is -2.58. The molecule has 1 amide bonds. The third kappa shape index (κ3) is 10.6. The van der Waals surface area contributed by atoms with Crippen molar-refractivity contribution in [3.8, 4) is 11.8 Å². The number of piperidine rings is 1. The van der Waals surface area contributed by atoms with Crippen LogP contribution in [0.4, 0.5) is 28.4 Å². The summed E-state index contributed by atoms with van der Waals surface area (Å²) < 4.78 is 55.0. The third-order valence-electron chi connectivity index (χ3n) is 18.9. The van der Waals surface area contributed by atoms with E-state index in [-0.39, 0.29) is 34.7 Å². The Hall–Kier alpha value is -7.30. The molecule has 0 unspecified atom stereocenters. The highest BCUT2D eigenvalue weighted by Gasteiger charge is 2.50. The van der Waals surface area contributed by atoms with E-state index in [0.29, 0.717) is 79.4 Å². The number of piperazine rings is 1. The van der Waals surface area contributed by atoms with E-state index in [9.17, 15) is 28.4 Å². The van der Waals surface area contributed by atoms with Gasteiger partial charge < -0.3 is 43.8 Å². The molecule has 4 aromatic heterocycles. The lowest BCUT2D eigenvalue weighted by molar-refractivity contribution is -0.384. The van der Waals surface area contributed by atoms with Gasteiger partial charge in [-0.3, -0.25) is 24.7 Å². The van der Waals surface area contributed by atoms with Gasteiger partial charge in [-0.2, -0.15) is 4.98 Å². The number of carbonyl (C=O) groups is 1. The van der Waals surface area contributed by atoms with Gasteiger partial charge in [0.2, 0.25) is 5.88 Å². The zero-order valence-corrected chi connectivity index (χ0v) is 48.3. The van der Waals surface area contributed by atoms with Gasteiger partial charge in [-0.15, -0.1) is 0 Å². The standard InChI is InChI=1S/C62H72N10O10S/c1-38-7-5-6-8-46(38)54-36-68(35-42-34-65-60(79-4)56-48(42)27-39(2)81-56)24-25-70(54)44-31-62(32-44)19-22-69(23-20-62)43-9-11-47(51(29-43)71-50-16-26-80-37-55(50)82-59-53(71)28-41-15-21-63-57(41)66-59)58(73)67-83(77,78)45-10-12-49(52(30-45)72(75)76)64-33-40-13-17-61(3,74)18-14-40/h5-12,15,21,27-30,34,40,44,50,54-55,64,74H,13-14,16-20,22-26,31-33,35-37H2,1-4H3,(H,63,66)(H,67,73)/t40?,50-,54-,55-,61?/m0/s1. The molecular weight excluding hydrogens is 1080 g/mol. The number of hydrogen-bond donors (Lipinski definition) is 4. The summed E-state index contributed by atoms with van der Waals surface area (Å²) in [4.78, 5) is 48.7. The van der Waals surface area contributed by atoms with Crippen molar-refractivity contribution in [3.05, 3.63) is 129 Å². The Morgan fingerprint density at radius 1 is 0.964 bits per heavy atom. The second-order valence-electron chi connectivity index (χ2n) is 24.4. The molecule has 5 fully saturated rings. The normalized spacial score (nSPS) is 24.0. The number of furan rings is 1. The fourth-order valence-electron chi connectivity index (χ4n) is 14.2. The number of nitrogens with zero attached hydrogens (tertiary/aromatic N) is 7. The number of aryl methyl sites for hydroxylation is 2. The molecule has 13 rings (SSSR count). The van der Waals surface area contributed by atoms with Gasteiger partial charge in [-0.1, -0.05) is 24.3 Å². The molecule has 1 spiro atoms. The van der Waals surface area contributed by atoms with Crippen LogP contribution in [0.2, 0.25) is 0 Å². The predicted octanol–water partition coefficient (Wildman–Crippen LogP) is 9.71. The van der Waals surface area contributed by atoms with E-state index in [1.54, 1.807) is 13.2 Å². The molecule has 4 N–H and O–H groups in total. The molecule has 21 heteroatoms. The van der Waals surface area contributed by atoms with E-state index >= 15 is 0 Å². The number of nitrogens with one attached hydrogen (secondary N) is 3. The number of aromatic amines is 1. The van der Waals surface area contributed by atoms with E-state index in [4.69, 9.17) is 23.6 Å². The number of hydrogen-bond acceptors (Lipinski definition) is 17. The number of ether oxygens (including phenoxy) is 3. The molecule has 8 heterocycles. The van der Waals surface area contributed by atoms with Crippen LogP contribution < -0.4 is 29.3 Å². The van der Waals surface area contributed by atoms with Crippen molar-refractivity contribution in [1.82, 2.24) is 29.5 Å². The molecule has 83 heavy (non-hydrogen) atoms. The van der Waals surface area contributed by atoms with Crippen molar-refractivity contribution < 1.29 is 41.9 Å². The van der Waals surface area contributed by atoms with Crippen molar-refractivity contribution in [3.63, 3.8) is 0 Å². The first kappa shape index (κ1) is 54.9. The topological polar surface area (TPSA) is 234 Å². The predicted molar refractivity (Wildman–Crippen MR) is 315 cm³/mol. The number of rotatable bonds is 14. The van der Waals surface area contributed by atoms with Crippen LogP contribution in [0.25, 0.3) is 22.0 Å². The minimum Gasteiger partial charge on any atom is -0.478 e. The Morgan fingerprint density at radius 2 is 1.77 bits per heavy atom. The van der Waals surface area contributed by atoms with Crippen LogP contribution in [0.5, 0.6) is 11.8 Å². The van der Waals surface area contributed by atoms with Gasteiger partial charge in [0.05, 0.1) is 46.4 Å². The first-order chi connectivity index (χ1) is 40.0. The van der Waals surface area contributed by atoms with Crippen LogP contribution in [0.15, 0.2) is 101 Å². The Bertz CT molecular complexity index is 3730. The van der Waals surface area contributed by atoms with Gasteiger partial charge in [0.25, 0.3) is 27.5 Å². The maximum absolute atomic E-state index is 14.8. The summed E-state index contributed by atoms with van der Waals surface area (Å²) in [7, 11) is -3.02. The smallest absolute Gasteiger partial charge is 0.293 e. The van der Waals surface area contributed by atoms with Crippen LogP contribution in [-0.2, 0) is 21.3 Å². The number of sulfonamides is 1. The summed E-state index contributed by atoms with van der Waals surface area (Å²) in [6.45, 7) is 12.3. The number of fused-ring (bicyclic) bond motifs is 4. The molecular formula is C62H72N10O10S. The highest BCUT2D eigenvalue weighted by molar-refractivity contribution is 7.90. The van der Waals surface area contributed by atoms with Gasteiger partial charge in [0.1, 0.15) is 28.9 Å². The van der Waals surface area contributed by atoms with Gasteiger partial charge in [-0.05, 0) is 155 Å². The maximum Gasteiger partial charge on any atom is 0.293 e. The van der Waals surface area contributed by atoms with E-state index in [1.807, 2.05) is 50.5 Å². The molecule has 4 aliphatic heterocycles. The second kappa shape index (κ2) is 21.7. The summed E-state index contributed by atoms with van der Waals surface area (Å²) in [5.74, 6) is 0.991. The van der Waals surface area contributed by atoms with Crippen molar-refractivity contribution in [1.29, 1.82) is 0 Å². The lowest BCUT2D eigenvalue weighted by Crippen LogP contribution is -2.59. The fraction of sp³-hybridized carbons (Fsp3) is 0.468. The van der Waals surface area contributed by atoms with Crippen molar-refractivity contribution in [2.24, 2.45) is 11.3 Å². The largest absolute Gasteiger partial charge is 0.478 e. The number of aromatic nitrogens is 3. The molecule has 0 bridgehead atoms. The van der Waals surface area contributed by atoms with E-state index in [2.05, 4.69) is 76.9 Å². The van der Waals surface area contributed by atoms with E-state index < -0.39 is 43.1 Å². The van der Waals surface area contributed by atoms with Crippen LogP contribution in [0.1, 0.15) is 104 Å². The summed E-state index contributed by atoms with van der Waals surface area (Å²) >= 11 is 0. The highest BCUT2D eigenvalue weighted by atomic mass is 32.2.